The monoisotopic (exact) mass is 289 g/mol. The Bertz CT molecular complexity index is 915. The van der Waals surface area contributed by atoms with Crippen molar-refractivity contribution < 1.29 is 4.74 Å². The van der Waals surface area contributed by atoms with E-state index in [2.05, 4.69) is 45.0 Å². The summed E-state index contributed by atoms with van der Waals surface area (Å²) < 4.78 is 5.76. The summed E-state index contributed by atoms with van der Waals surface area (Å²) in [6, 6.07) is 8.32. The predicted octanol–water partition coefficient (Wildman–Crippen LogP) is 3.26. The quantitative estimate of drug-likeness (QED) is 0.700. The molecule has 0 aliphatic carbocycles. The zero-order valence-electron chi connectivity index (χ0n) is 12.3. The van der Waals surface area contributed by atoms with Gasteiger partial charge in [0.2, 0.25) is 0 Å². The Hall–Kier alpha value is -2.80. The summed E-state index contributed by atoms with van der Waals surface area (Å²) in [5, 5.41) is 0. The van der Waals surface area contributed by atoms with Gasteiger partial charge in [0.05, 0.1) is 12.1 Å². The van der Waals surface area contributed by atoms with Crippen molar-refractivity contribution in [3.63, 3.8) is 0 Å². The second-order valence-corrected chi connectivity index (χ2v) is 5.37. The van der Waals surface area contributed by atoms with Crippen molar-refractivity contribution in [1.82, 2.24) is 15.0 Å². The molecule has 1 aromatic carbocycles. The van der Waals surface area contributed by atoms with E-state index >= 15 is 0 Å². The first kappa shape index (κ1) is 12.9. The van der Waals surface area contributed by atoms with E-state index in [1.54, 1.807) is 0 Å². The summed E-state index contributed by atoms with van der Waals surface area (Å²) >= 11 is 0. The lowest BCUT2D eigenvalue weighted by atomic mass is 10.0. The molecule has 0 bridgehead atoms. The number of rotatable bonds is 1. The molecule has 4 rings (SSSR count). The van der Waals surface area contributed by atoms with E-state index in [0.29, 0.717) is 6.61 Å². The molecule has 3 heterocycles. The van der Waals surface area contributed by atoms with Gasteiger partial charge in [-0.05, 0) is 30.7 Å². The minimum Gasteiger partial charge on any atom is -0.492 e. The van der Waals surface area contributed by atoms with Gasteiger partial charge >= 0.3 is 0 Å². The molecule has 4 nitrogen and oxygen atoms in total. The summed E-state index contributed by atoms with van der Waals surface area (Å²) in [6.45, 7) is 2.59. The van der Waals surface area contributed by atoms with Crippen LogP contribution < -0.4 is 4.74 Å². The van der Waals surface area contributed by atoms with Crippen LogP contribution in [0.25, 0.3) is 22.3 Å². The van der Waals surface area contributed by atoms with Gasteiger partial charge in [0, 0.05) is 30.2 Å². The number of nitrogens with zero attached hydrogens (tertiary/aromatic N) is 2. The zero-order valence-corrected chi connectivity index (χ0v) is 12.3. The number of hydrogen-bond donors (Lipinski definition) is 1. The van der Waals surface area contributed by atoms with E-state index in [1.807, 2.05) is 19.2 Å². The molecule has 2 aromatic heterocycles. The minimum atomic E-state index is 0.653. The molecule has 1 aliphatic heterocycles. The Labute approximate surface area is 128 Å². The van der Waals surface area contributed by atoms with Gasteiger partial charge in [-0.2, -0.15) is 0 Å². The lowest BCUT2D eigenvalue weighted by molar-refractivity contribution is 0.323. The summed E-state index contributed by atoms with van der Waals surface area (Å²) in [6.07, 6.45) is 3.38. The Kier molecular flexibility index (Phi) is 3.05. The topological polar surface area (TPSA) is 50.8 Å². The van der Waals surface area contributed by atoms with E-state index in [4.69, 9.17) is 4.74 Å². The van der Waals surface area contributed by atoms with Gasteiger partial charge in [-0.3, -0.25) is 0 Å². The highest BCUT2D eigenvalue weighted by molar-refractivity contribution is 5.78. The van der Waals surface area contributed by atoms with Gasteiger partial charge in [0.15, 0.2) is 5.65 Å². The van der Waals surface area contributed by atoms with Crippen LogP contribution in [0.2, 0.25) is 0 Å². The fourth-order valence-corrected chi connectivity index (χ4v) is 2.67. The van der Waals surface area contributed by atoms with E-state index in [9.17, 15) is 0 Å². The van der Waals surface area contributed by atoms with Gasteiger partial charge in [-0.25, -0.2) is 9.97 Å². The highest BCUT2D eigenvalue weighted by Crippen LogP contribution is 2.28. The Morgan fingerprint density at radius 1 is 1.18 bits per heavy atom. The van der Waals surface area contributed by atoms with Crippen LogP contribution in [0.4, 0.5) is 0 Å². The number of ether oxygens (including phenoxy) is 1. The van der Waals surface area contributed by atoms with Gasteiger partial charge in [-0.15, -0.1) is 0 Å². The van der Waals surface area contributed by atoms with Crippen LogP contribution in [0, 0.1) is 18.8 Å². The molecule has 3 aromatic rings. The second kappa shape index (κ2) is 5.19. The number of fused-ring (bicyclic) bond motifs is 2. The third-order valence-electron chi connectivity index (χ3n) is 3.74. The molecule has 22 heavy (non-hydrogen) atoms. The number of benzene rings is 1. The summed E-state index contributed by atoms with van der Waals surface area (Å²) in [7, 11) is 0. The van der Waals surface area contributed by atoms with Gasteiger partial charge in [0.1, 0.15) is 11.6 Å². The number of pyridine rings is 1. The van der Waals surface area contributed by atoms with Crippen LogP contribution >= 0.6 is 0 Å². The number of hydrogen-bond acceptors (Lipinski definition) is 3. The first-order chi connectivity index (χ1) is 10.8. The molecule has 1 N–H and O–H groups in total. The van der Waals surface area contributed by atoms with E-state index in [0.717, 1.165) is 52.3 Å². The number of H-pyrrole nitrogens is 1. The third-order valence-corrected chi connectivity index (χ3v) is 3.74. The van der Waals surface area contributed by atoms with Crippen LogP contribution in [0.5, 0.6) is 5.75 Å². The molecular weight excluding hydrogens is 274 g/mol. The average Bonchev–Trinajstić information content (AvgIpc) is 2.87. The van der Waals surface area contributed by atoms with Crippen LogP contribution in [-0.2, 0) is 6.42 Å². The lowest BCUT2D eigenvalue weighted by Gasteiger charge is -2.12. The molecule has 1 aliphatic rings. The molecule has 0 fully saturated rings. The van der Waals surface area contributed by atoms with Gasteiger partial charge in [-0.1, -0.05) is 17.9 Å². The zero-order chi connectivity index (χ0) is 14.9. The van der Waals surface area contributed by atoms with Crippen molar-refractivity contribution in [1.29, 1.82) is 0 Å². The highest BCUT2D eigenvalue weighted by atomic mass is 16.5. The van der Waals surface area contributed by atoms with Crippen LogP contribution in [0.3, 0.4) is 0 Å². The normalized spacial score (nSPS) is 13.5. The minimum absolute atomic E-state index is 0.653. The van der Waals surface area contributed by atoms with Crippen molar-refractivity contribution in [2.75, 3.05) is 6.61 Å². The number of aromatic nitrogens is 3. The molecule has 0 atom stereocenters. The van der Waals surface area contributed by atoms with Gasteiger partial charge in [0.25, 0.3) is 0 Å². The average molecular weight is 289 g/mol. The first-order valence-electron chi connectivity index (χ1n) is 7.34. The predicted molar refractivity (Wildman–Crippen MR) is 85.7 cm³/mol. The van der Waals surface area contributed by atoms with Crippen molar-refractivity contribution in [3.8, 4) is 28.7 Å². The van der Waals surface area contributed by atoms with E-state index < -0.39 is 0 Å². The van der Waals surface area contributed by atoms with Crippen LogP contribution in [0.15, 0.2) is 30.5 Å². The SMILES string of the molecule is Cc1nc2ncc(-c3ccc4c(c3)CC#CCCO4)cc2[nH]1. The Morgan fingerprint density at radius 3 is 3.09 bits per heavy atom. The largest absolute Gasteiger partial charge is 0.492 e. The molecule has 0 amide bonds. The number of imidazole rings is 1. The van der Waals surface area contributed by atoms with Crippen molar-refractivity contribution in [3.05, 3.63) is 41.9 Å². The van der Waals surface area contributed by atoms with Crippen LogP contribution in [0.1, 0.15) is 17.8 Å². The molecule has 0 spiro atoms. The number of aryl methyl sites for hydroxylation is 1. The molecule has 0 saturated heterocycles. The first-order valence-corrected chi connectivity index (χ1v) is 7.34. The van der Waals surface area contributed by atoms with E-state index in [-0.39, 0.29) is 0 Å². The standard InChI is InChI=1S/C18H15N3O/c1-12-20-16-10-15(11-19-18(16)21-12)13-6-7-17-14(9-13)5-3-2-4-8-22-17/h6-7,9-11H,4-5,8H2,1H3,(H,19,20,21). The van der Waals surface area contributed by atoms with Gasteiger partial charge < -0.3 is 9.72 Å². The molecule has 108 valence electrons. The maximum Gasteiger partial charge on any atom is 0.177 e. The molecule has 4 heteroatoms. The van der Waals surface area contributed by atoms with Crippen LogP contribution in [-0.4, -0.2) is 21.6 Å². The molecular formula is C18H15N3O. The molecule has 0 saturated carbocycles. The van der Waals surface area contributed by atoms with E-state index in [1.165, 1.54) is 0 Å². The summed E-state index contributed by atoms with van der Waals surface area (Å²) in [4.78, 5) is 12.0. The van der Waals surface area contributed by atoms with Crippen molar-refractivity contribution in [2.45, 2.75) is 19.8 Å². The number of aromatic amines is 1. The second-order valence-electron chi connectivity index (χ2n) is 5.37. The summed E-state index contributed by atoms with van der Waals surface area (Å²) in [5.74, 6) is 8.12. The smallest absolute Gasteiger partial charge is 0.177 e. The Morgan fingerprint density at radius 2 is 2.14 bits per heavy atom. The summed E-state index contributed by atoms with van der Waals surface area (Å²) in [5.41, 5.74) is 5.02. The Balaban J connectivity index is 1.78. The van der Waals surface area contributed by atoms with Crippen molar-refractivity contribution in [2.24, 2.45) is 0 Å². The molecule has 0 unspecified atom stereocenters. The lowest BCUT2D eigenvalue weighted by Crippen LogP contribution is -2.01. The fourth-order valence-electron chi connectivity index (χ4n) is 2.67. The number of nitrogens with one attached hydrogen (secondary N) is 1. The third kappa shape index (κ3) is 2.31. The highest BCUT2D eigenvalue weighted by Gasteiger charge is 2.09. The maximum atomic E-state index is 5.76. The van der Waals surface area contributed by atoms with Crippen molar-refractivity contribution >= 4 is 11.2 Å². The maximum absolute atomic E-state index is 5.76. The fraction of sp³-hybridized carbons (Fsp3) is 0.222. The molecule has 0 radical (unpaired) electrons.